The smallest absolute Gasteiger partial charge is 0.319 e. The lowest BCUT2D eigenvalue weighted by Crippen LogP contribution is -1.92. The molecule has 0 aromatic carbocycles. The summed E-state index contributed by atoms with van der Waals surface area (Å²) in [6.45, 7) is 5.61. The molecule has 0 amide bonds. The molecule has 64 valence electrons. The van der Waals surface area contributed by atoms with E-state index in [9.17, 15) is 4.79 Å². The fourth-order valence-corrected chi connectivity index (χ4v) is 0.572. The van der Waals surface area contributed by atoms with Crippen LogP contribution in [0.2, 0.25) is 0 Å². The van der Waals surface area contributed by atoms with E-state index >= 15 is 0 Å². The molecule has 0 aliphatic heterocycles. The van der Waals surface area contributed by atoms with Gasteiger partial charge in [-0.2, -0.15) is 0 Å². The van der Waals surface area contributed by atoms with Crippen LogP contribution in [0.4, 0.5) is 0 Å². The van der Waals surface area contributed by atoms with Crippen molar-refractivity contribution in [3.05, 3.63) is 0 Å². The molecular formula is C8H15NO2. The third kappa shape index (κ3) is 9.14. The maximum Gasteiger partial charge on any atom is 0.331 e. The summed E-state index contributed by atoms with van der Waals surface area (Å²) in [5, 5.41) is 3.47. The molecule has 11 heavy (non-hydrogen) atoms. The summed E-state index contributed by atoms with van der Waals surface area (Å²) in [5.41, 5.74) is 0. The summed E-state index contributed by atoms with van der Waals surface area (Å²) in [5.74, 6) is 0.296. The number of carbonyl (C=O) groups excluding carboxylic acids is 1. The molecule has 0 fully saturated rings. The minimum atomic E-state index is -0.370. The van der Waals surface area contributed by atoms with Gasteiger partial charge in [0.05, 0.1) is 0 Å². The molecule has 0 rings (SSSR count). The molecule has 0 bridgehead atoms. The zero-order valence-electron chi connectivity index (χ0n) is 7.33. The second kappa shape index (κ2) is 5.89. The van der Waals surface area contributed by atoms with E-state index in [1.807, 2.05) is 0 Å². The number of oxime groups is 1. The van der Waals surface area contributed by atoms with Gasteiger partial charge in [-0.25, -0.2) is 4.79 Å². The zero-order valence-corrected chi connectivity index (χ0v) is 7.33. The van der Waals surface area contributed by atoms with Gasteiger partial charge in [-0.1, -0.05) is 19.0 Å². The van der Waals surface area contributed by atoms with Crippen LogP contribution in [-0.2, 0) is 9.63 Å². The summed E-state index contributed by atoms with van der Waals surface area (Å²) in [6, 6.07) is 0. The first-order chi connectivity index (χ1) is 5.13. The standard InChI is InChI=1S/C8H15NO2/c1-7(2)5-4-6-9-11-8(3)10/h6-7H,4-5H2,1-3H3/b9-6-. The highest BCUT2D eigenvalue weighted by atomic mass is 16.7. The van der Waals surface area contributed by atoms with Crippen LogP contribution in [0.25, 0.3) is 0 Å². The normalized spacial score (nSPS) is 10.9. The fourth-order valence-electron chi connectivity index (χ4n) is 0.572. The third-order valence-corrected chi connectivity index (χ3v) is 1.13. The van der Waals surface area contributed by atoms with Crippen molar-refractivity contribution >= 4 is 12.2 Å². The first-order valence-corrected chi connectivity index (χ1v) is 3.82. The summed E-state index contributed by atoms with van der Waals surface area (Å²) in [4.78, 5) is 14.6. The number of hydrogen-bond donors (Lipinski definition) is 0. The molecule has 0 unspecified atom stereocenters. The summed E-state index contributed by atoms with van der Waals surface area (Å²) in [6.07, 6.45) is 3.57. The highest BCUT2D eigenvalue weighted by Crippen LogP contribution is 2.00. The molecule has 0 atom stereocenters. The first-order valence-electron chi connectivity index (χ1n) is 3.82. The fraction of sp³-hybridized carbons (Fsp3) is 0.750. The van der Waals surface area contributed by atoms with E-state index in [4.69, 9.17) is 0 Å². The van der Waals surface area contributed by atoms with Gasteiger partial charge >= 0.3 is 5.97 Å². The summed E-state index contributed by atoms with van der Waals surface area (Å²) < 4.78 is 0. The lowest BCUT2D eigenvalue weighted by Gasteiger charge is -1.97. The highest BCUT2D eigenvalue weighted by molar-refractivity contribution is 5.67. The molecule has 0 saturated heterocycles. The SMILES string of the molecule is CC(=O)O/N=C\CCC(C)C. The lowest BCUT2D eigenvalue weighted by atomic mass is 10.1. The zero-order chi connectivity index (χ0) is 8.69. The molecule has 0 radical (unpaired) electrons. The first kappa shape index (κ1) is 10.1. The predicted octanol–water partition coefficient (Wildman–Crippen LogP) is 1.97. The van der Waals surface area contributed by atoms with Gasteiger partial charge in [0.1, 0.15) is 0 Å². The number of rotatable bonds is 4. The Bertz CT molecular complexity index is 141. The van der Waals surface area contributed by atoms with Gasteiger partial charge in [0, 0.05) is 13.1 Å². The van der Waals surface area contributed by atoms with Crippen LogP contribution in [0.15, 0.2) is 5.16 Å². The van der Waals surface area contributed by atoms with Crippen molar-refractivity contribution in [1.82, 2.24) is 0 Å². The minimum Gasteiger partial charge on any atom is -0.319 e. The van der Waals surface area contributed by atoms with Crippen molar-refractivity contribution in [1.29, 1.82) is 0 Å². The molecule has 0 saturated carbocycles. The van der Waals surface area contributed by atoms with E-state index in [2.05, 4.69) is 23.8 Å². The van der Waals surface area contributed by atoms with Gasteiger partial charge in [-0.3, -0.25) is 0 Å². The maximum absolute atomic E-state index is 10.2. The molecular weight excluding hydrogens is 142 g/mol. The second-order valence-corrected chi connectivity index (χ2v) is 2.84. The number of nitrogens with zero attached hydrogens (tertiary/aromatic N) is 1. The third-order valence-electron chi connectivity index (χ3n) is 1.13. The van der Waals surface area contributed by atoms with Crippen LogP contribution in [0.3, 0.4) is 0 Å². The van der Waals surface area contributed by atoms with E-state index in [0.717, 1.165) is 12.8 Å². The quantitative estimate of drug-likeness (QED) is 0.355. The molecule has 0 spiro atoms. The van der Waals surface area contributed by atoms with Gasteiger partial charge in [-0.15, -0.1) is 0 Å². The Balaban J connectivity index is 3.23. The average Bonchev–Trinajstić information content (AvgIpc) is 1.85. The Morgan fingerprint density at radius 1 is 1.64 bits per heavy atom. The van der Waals surface area contributed by atoms with Gasteiger partial charge < -0.3 is 4.84 Å². The van der Waals surface area contributed by atoms with E-state index in [1.54, 1.807) is 6.21 Å². The largest absolute Gasteiger partial charge is 0.331 e. The Morgan fingerprint density at radius 3 is 2.73 bits per heavy atom. The monoisotopic (exact) mass is 157 g/mol. The average molecular weight is 157 g/mol. The molecule has 0 N–H and O–H groups in total. The van der Waals surface area contributed by atoms with Crippen LogP contribution in [-0.4, -0.2) is 12.2 Å². The highest BCUT2D eigenvalue weighted by Gasteiger charge is 1.90. The minimum absolute atomic E-state index is 0.370. The Labute approximate surface area is 67.4 Å². The van der Waals surface area contributed by atoms with Crippen molar-refractivity contribution < 1.29 is 9.63 Å². The molecule has 3 nitrogen and oxygen atoms in total. The second-order valence-electron chi connectivity index (χ2n) is 2.84. The van der Waals surface area contributed by atoms with Crippen LogP contribution in [0, 0.1) is 5.92 Å². The molecule has 0 aromatic heterocycles. The van der Waals surface area contributed by atoms with E-state index < -0.39 is 0 Å². The van der Waals surface area contributed by atoms with Crippen LogP contribution < -0.4 is 0 Å². The predicted molar refractivity (Wildman–Crippen MR) is 44.3 cm³/mol. The maximum atomic E-state index is 10.2. The van der Waals surface area contributed by atoms with Crippen molar-refractivity contribution in [2.45, 2.75) is 33.6 Å². The molecule has 0 aromatic rings. The van der Waals surface area contributed by atoms with Gasteiger partial charge in [0.2, 0.25) is 0 Å². The van der Waals surface area contributed by atoms with E-state index in [0.29, 0.717) is 5.92 Å². The van der Waals surface area contributed by atoms with Crippen LogP contribution in [0.5, 0.6) is 0 Å². The van der Waals surface area contributed by atoms with Crippen LogP contribution >= 0.6 is 0 Å². The Kier molecular flexibility index (Phi) is 5.43. The van der Waals surface area contributed by atoms with Crippen molar-refractivity contribution in [3.63, 3.8) is 0 Å². The van der Waals surface area contributed by atoms with Crippen molar-refractivity contribution in [2.24, 2.45) is 11.1 Å². The van der Waals surface area contributed by atoms with Crippen LogP contribution in [0.1, 0.15) is 33.6 Å². The van der Waals surface area contributed by atoms with Crippen molar-refractivity contribution in [3.8, 4) is 0 Å². The lowest BCUT2D eigenvalue weighted by molar-refractivity contribution is -0.140. The summed E-state index contributed by atoms with van der Waals surface area (Å²) >= 11 is 0. The topological polar surface area (TPSA) is 38.7 Å². The van der Waals surface area contributed by atoms with Gasteiger partial charge in [-0.05, 0) is 18.8 Å². The summed E-state index contributed by atoms with van der Waals surface area (Å²) in [7, 11) is 0. The molecule has 0 aliphatic rings. The Morgan fingerprint density at radius 2 is 2.27 bits per heavy atom. The number of hydrogen-bond acceptors (Lipinski definition) is 3. The number of carbonyl (C=O) groups is 1. The van der Waals surface area contributed by atoms with Gasteiger partial charge in [0.15, 0.2) is 0 Å². The molecule has 0 aliphatic carbocycles. The van der Waals surface area contributed by atoms with E-state index in [-0.39, 0.29) is 5.97 Å². The molecule has 0 heterocycles. The van der Waals surface area contributed by atoms with Crippen molar-refractivity contribution in [2.75, 3.05) is 0 Å². The Hall–Kier alpha value is -0.860. The van der Waals surface area contributed by atoms with Gasteiger partial charge in [0.25, 0.3) is 0 Å². The van der Waals surface area contributed by atoms with E-state index in [1.165, 1.54) is 6.92 Å². The molecule has 3 heteroatoms.